The van der Waals surface area contributed by atoms with Crippen LogP contribution in [0.2, 0.25) is 0 Å². The number of nitrogens with zero attached hydrogens (tertiary/aromatic N) is 1. The molecule has 1 amide bonds. The van der Waals surface area contributed by atoms with Crippen molar-refractivity contribution < 1.29 is 4.79 Å². The number of nitrogens with one attached hydrogen (secondary N) is 1. The van der Waals surface area contributed by atoms with E-state index in [0.717, 1.165) is 18.5 Å². The third-order valence-electron chi connectivity index (χ3n) is 4.55. The average Bonchev–Trinajstić information content (AvgIpc) is 2.54. The van der Waals surface area contributed by atoms with E-state index in [4.69, 9.17) is 0 Å². The molecule has 0 radical (unpaired) electrons. The Hall–Kier alpha value is -1.35. The summed E-state index contributed by atoms with van der Waals surface area (Å²) in [5, 5.41) is 2.98. The number of aryl methyl sites for hydroxylation is 1. The van der Waals surface area contributed by atoms with Crippen molar-refractivity contribution in [2.24, 2.45) is 0 Å². The standard InChI is InChI=1S/C19H30N2O/c1-4-11-21(12-5-2)18-10-8-15-7-9-17(13-16(15)14-18)20-19(22)6-3/h7,9,13,18H,4-6,8,10-12,14H2,1-3H3,(H,20,22). The molecule has 22 heavy (non-hydrogen) atoms. The molecule has 2 rings (SSSR count). The number of hydrogen-bond acceptors (Lipinski definition) is 2. The van der Waals surface area contributed by atoms with Crippen LogP contribution in [0.25, 0.3) is 0 Å². The highest BCUT2D eigenvalue weighted by Gasteiger charge is 2.23. The minimum absolute atomic E-state index is 0.0888. The summed E-state index contributed by atoms with van der Waals surface area (Å²) in [5.74, 6) is 0.0888. The van der Waals surface area contributed by atoms with Gasteiger partial charge in [0.1, 0.15) is 0 Å². The quantitative estimate of drug-likeness (QED) is 0.825. The van der Waals surface area contributed by atoms with Crippen LogP contribution < -0.4 is 5.32 Å². The summed E-state index contributed by atoms with van der Waals surface area (Å²) in [6.07, 6.45) is 6.50. The highest BCUT2D eigenvalue weighted by atomic mass is 16.1. The van der Waals surface area contributed by atoms with Gasteiger partial charge >= 0.3 is 0 Å². The number of carbonyl (C=O) groups excluding carboxylic acids is 1. The fraction of sp³-hybridized carbons (Fsp3) is 0.632. The molecular weight excluding hydrogens is 272 g/mol. The second-order valence-corrected chi connectivity index (χ2v) is 6.32. The minimum atomic E-state index is 0.0888. The molecule has 3 nitrogen and oxygen atoms in total. The Bertz CT molecular complexity index is 492. The van der Waals surface area contributed by atoms with E-state index in [0.29, 0.717) is 12.5 Å². The predicted octanol–water partition coefficient (Wildman–Crippen LogP) is 4.01. The van der Waals surface area contributed by atoms with Crippen molar-refractivity contribution >= 4 is 11.6 Å². The zero-order valence-corrected chi connectivity index (χ0v) is 14.3. The third-order valence-corrected chi connectivity index (χ3v) is 4.55. The number of anilines is 1. The van der Waals surface area contributed by atoms with Crippen molar-refractivity contribution in [1.82, 2.24) is 4.90 Å². The fourth-order valence-electron chi connectivity index (χ4n) is 3.43. The van der Waals surface area contributed by atoms with E-state index in [9.17, 15) is 4.79 Å². The topological polar surface area (TPSA) is 32.3 Å². The smallest absolute Gasteiger partial charge is 0.224 e. The molecule has 1 unspecified atom stereocenters. The van der Waals surface area contributed by atoms with Gasteiger partial charge in [-0.25, -0.2) is 0 Å². The molecule has 122 valence electrons. The predicted molar refractivity (Wildman–Crippen MR) is 93.3 cm³/mol. The van der Waals surface area contributed by atoms with E-state index >= 15 is 0 Å². The number of carbonyl (C=O) groups is 1. The maximum atomic E-state index is 11.6. The summed E-state index contributed by atoms with van der Waals surface area (Å²) in [6.45, 7) is 8.80. The van der Waals surface area contributed by atoms with Crippen LogP contribution in [0.4, 0.5) is 5.69 Å². The first-order chi connectivity index (χ1) is 10.7. The molecule has 1 aliphatic rings. The Morgan fingerprint density at radius 2 is 1.91 bits per heavy atom. The van der Waals surface area contributed by atoms with Gasteiger partial charge in [-0.15, -0.1) is 0 Å². The normalized spacial score (nSPS) is 17.4. The van der Waals surface area contributed by atoms with Crippen molar-refractivity contribution in [3.8, 4) is 0 Å². The molecular formula is C19H30N2O. The van der Waals surface area contributed by atoms with Gasteiger partial charge in [0.15, 0.2) is 0 Å². The van der Waals surface area contributed by atoms with Crippen LogP contribution in [0.5, 0.6) is 0 Å². The van der Waals surface area contributed by atoms with E-state index in [-0.39, 0.29) is 5.91 Å². The zero-order valence-electron chi connectivity index (χ0n) is 14.3. The lowest BCUT2D eigenvalue weighted by molar-refractivity contribution is -0.115. The zero-order chi connectivity index (χ0) is 15.9. The second kappa shape index (κ2) is 8.33. The molecule has 0 heterocycles. The van der Waals surface area contributed by atoms with Gasteiger partial charge < -0.3 is 10.2 Å². The van der Waals surface area contributed by atoms with Crippen LogP contribution in [-0.4, -0.2) is 29.9 Å². The maximum Gasteiger partial charge on any atom is 0.224 e. The van der Waals surface area contributed by atoms with Crippen molar-refractivity contribution in [2.45, 2.75) is 65.3 Å². The van der Waals surface area contributed by atoms with Gasteiger partial charge in [0.2, 0.25) is 5.91 Å². The molecule has 1 aromatic rings. The molecule has 0 aromatic heterocycles. The summed E-state index contributed by atoms with van der Waals surface area (Å²) in [5.41, 5.74) is 3.82. The first kappa shape index (κ1) is 17.0. The summed E-state index contributed by atoms with van der Waals surface area (Å²) in [7, 11) is 0. The first-order valence-corrected chi connectivity index (χ1v) is 8.83. The number of hydrogen-bond donors (Lipinski definition) is 1. The maximum absolute atomic E-state index is 11.6. The average molecular weight is 302 g/mol. The molecule has 0 saturated carbocycles. The lowest BCUT2D eigenvalue weighted by Gasteiger charge is -2.35. The largest absolute Gasteiger partial charge is 0.326 e. The van der Waals surface area contributed by atoms with Gasteiger partial charge in [0, 0.05) is 18.2 Å². The van der Waals surface area contributed by atoms with Gasteiger partial charge in [-0.1, -0.05) is 26.8 Å². The lowest BCUT2D eigenvalue weighted by Crippen LogP contribution is -2.40. The first-order valence-electron chi connectivity index (χ1n) is 8.83. The molecule has 0 fully saturated rings. The Morgan fingerprint density at radius 3 is 2.55 bits per heavy atom. The van der Waals surface area contributed by atoms with E-state index in [1.165, 1.54) is 43.5 Å². The number of amides is 1. The van der Waals surface area contributed by atoms with Crippen LogP contribution >= 0.6 is 0 Å². The number of rotatable bonds is 7. The van der Waals surface area contributed by atoms with Crippen LogP contribution in [0, 0.1) is 0 Å². The summed E-state index contributed by atoms with van der Waals surface area (Å²) < 4.78 is 0. The van der Waals surface area contributed by atoms with E-state index < -0.39 is 0 Å². The number of benzene rings is 1. The van der Waals surface area contributed by atoms with Crippen molar-refractivity contribution in [3.63, 3.8) is 0 Å². The van der Waals surface area contributed by atoms with Gasteiger partial charge in [0.25, 0.3) is 0 Å². The molecule has 1 aromatic carbocycles. The molecule has 0 bridgehead atoms. The monoisotopic (exact) mass is 302 g/mol. The lowest BCUT2D eigenvalue weighted by atomic mass is 9.87. The van der Waals surface area contributed by atoms with Gasteiger partial charge in [-0.2, -0.15) is 0 Å². The Labute approximate surface area is 135 Å². The Balaban J connectivity index is 2.10. The molecule has 3 heteroatoms. The van der Waals surface area contributed by atoms with E-state index in [1.54, 1.807) is 0 Å². The molecule has 0 spiro atoms. The third kappa shape index (κ3) is 4.33. The summed E-state index contributed by atoms with van der Waals surface area (Å²) >= 11 is 0. The van der Waals surface area contributed by atoms with Crippen LogP contribution in [-0.2, 0) is 17.6 Å². The van der Waals surface area contributed by atoms with Crippen LogP contribution in [0.15, 0.2) is 18.2 Å². The van der Waals surface area contributed by atoms with Gasteiger partial charge in [-0.3, -0.25) is 4.79 Å². The van der Waals surface area contributed by atoms with Gasteiger partial charge in [-0.05, 0) is 68.5 Å². The van der Waals surface area contributed by atoms with Crippen molar-refractivity contribution in [2.75, 3.05) is 18.4 Å². The van der Waals surface area contributed by atoms with Crippen LogP contribution in [0.3, 0.4) is 0 Å². The fourth-order valence-corrected chi connectivity index (χ4v) is 3.43. The summed E-state index contributed by atoms with van der Waals surface area (Å²) in [6, 6.07) is 7.08. The Kier molecular flexibility index (Phi) is 6.44. The SMILES string of the molecule is CCCN(CCC)C1CCc2ccc(NC(=O)CC)cc2C1. The van der Waals surface area contributed by atoms with Crippen molar-refractivity contribution in [3.05, 3.63) is 29.3 Å². The van der Waals surface area contributed by atoms with E-state index in [2.05, 4.69) is 36.2 Å². The summed E-state index contributed by atoms with van der Waals surface area (Å²) in [4.78, 5) is 14.2. The van der Waals surface area contributed by atoms with E-state index in [1.807, 2.05) is 13.0 Å². The highest BCUT2D eigenvalue weighted by molar-refractivity contribution is 5.90. The molecule has 0 saturated heterocycles. The molecule has 1 N–H and O–H groups in total. The molecule has 1 aliphatic carbocycles. The van der Waals surface area contributed by atoms with Crippen molar-refractivity contribution in [1.29, 1.82) is 0 Å². The molecule has 1 atom stereocenters. The number of fused-ring (bicyclic) bond motifs is 1. The minimum Gasteiger partial charge on any atom is -0.326 e. The Morgan fingerprint density at radius 1 is 1.18 bits per heavy atom. The van der Waals surface area contributed by atoms with Crippen LogP contribution in [0.1, 0.15) is 57.6 Å². The second-order valence-electron chi connectivity index (χ2n) is 6.32. The van der Waals surface area contributed by atoms with Gasteiger partial charge in [0.05, 0.1) is 0 Å². The molecule has 0 aliphatic heterocycles. The highest BCUT2D eigenvalue weighted by Crippen LogP contribution is 2.27.